The zero-order valence-electron chi connectivity index (χ0n) is 10.7. The molecule has 0 bridgehead atoms. The smallest absolute Gasteiger partial charge is 0.316 e. The predicted molar refractivity (Wildman–Crippen MR) is 69.9 cm³/mol. The molecule has 0 heterocycles. The number of nitrogens with one attached hydrogen (secondary N) is 1. The van der Waals surface area contributed by atoms with Gasteiger partial charge in [-0.15, -0.1) is 0 Å². The zero-order chi connectivity index (χ0) is 13.2. The lowest BCUT2D eigenvalue weighted by molar-refractivity contribution is 0.259. The van der Waals surface area contributed by atoms with Crippen molar-refractivity contribution in [1.82, 2.24) is 0 Å². The molecule has 2 amide bonds. The number of hydrogen-bond donors (Lipinski definition) is 2. The maximum absolute atomic E-state index is 13.5. The van der Waals surface area contributed by atoms with Crippen LogP contribution in [0.4, 0.5) is 14.9 Å². The van der Waals surface area contributed by atoms with Crippen LogP contribution in [0.3, 0.4) is 0 Å². The number of benzene rings is 1. The number of urea groups is 1. The van der Waals surface area contributed by atoms with E-state index in [2.05, 4.69) is 5.32 Å². The summed E-state index contributed by atoms with van der Waals surface area (Å²) in [6, 6.07) is 2.27. The Labute approximate surface area is 103 Å². The van der Waals surface area contributed by atoms with Crippen molar-refractivity contribution in [2.24, 2.45) is 5.73 Å². The summed E-state index contributed by atoms with van der Waals surface area (Å²) >= 11 is 0. The van der Waals surface area contributed by atoms with Crippen LogP contribution in [0.15, 0.2) is 12.1 Å². The molecule has 4 heteroatoms. The Morgan fingerprint density at radius 1 is 1.24 bits per heavy atom. The van der Waals surface area contributed by atoms with Crippen LogP contribution in [-0.2, 0) is 0 Å². The number of primary amides is 1. The molecule has 3 N–H and O–H groups in total. The van der Waals surface area contributed by atoms with E-state index < -0.39 is 6.03 Å². The second-order valence-corrected chi connectivity index (χ2v) is 4.76. The SMILES string of the molecule is CC(C)c1cc(F)cc(C(C)C)c1NC(N)=O.[HH]. The molecule has 0 unspecified atom stereocenters. The third kappa shape index (κ3) is 3.19. The maximum Gasteiger partial charge on any atom is 0.316 e. The number of hydrogen-bond acceptors (Lipinski definition) is 1. The van der Waals surface area contributed by atoms with Gasteiger partial charge in [0.1, 0.15) is 5.82 Å². The molecule has 0 saturated heterocycles. The monoisotopic (exact) mass is 240 g/mol. The largest absolute Gasteiger partial charge is 0.351 e. The summed E-state index contributed by atoms with van der Waals surface area (Å²) in [5, 5.41) is 2.60. The summed E-state index contributed by atoms with van der Waals surface area (Å²) in [4.78, 5) is 11.0. The number of carbonyl (C=O) groups is 1. The molecule has 0 radical (unpaired) electrons. The van der Waals surface area contributed by atoms with Gasteiger partial charge in [0.25, 0.3) is 0 Å². The van der Waals surface area contributed by atoms with Crippen molar-refractivity contribution in [2.75, 3.05) is 5.32 Å². The lowest BCUT2D eigenvalue weighted by Gasteiger charge is -2.19. The number of halogens is 1. The molecule has 1 aromatic rings. The second-order valence-electron chi connectivity index (χ2n) is 4.76. The van der Waals surface area contributed by atoms with Crippen LogP contribution in [-0.4, -0.2) is 6.03 Å². The summed E-state index contributed by atoms with van der Waals surface area (Å²) in [6.45, 7) is 7.80. The third-order valence-corrected chi connectivity index (χ3v) is 2.66. The molecule has 0 aliphatic carbocycles. The fourth-order valence-corrected chi connectivity index (χ4v) is 1.83. The second kappa shape index (κ2) is 5.17. The molecule has 1 rings (SSSR count). The lowest BCUT2D eigenvalue weighted by atomic mass is 9.92. The van der Waals surface area contributed by atoms with Gasteiger partial charge in [-0.2, -0.15) is 0 Å². The van der Waals surface area contributed by atoms with Gasteiger partial charge in [0.05, 0.1) is 0 Å². The van der Waals surface area contributed by atoms with E-state index in [1.807, 2.05) is 27.7 Å². The van der Waals surface area contributed by atoms with E-state index in [0.29, 0.717) is 5.69 Å². The highest BCUT2D eigenvalue weighted by Gasteiger charge is 2.16. The first-order chi connectivity index (χ1) is 7.82. The predicted octanol–water partition coefficient (Wildman–Crippen LogP) is 3.81. The first-order valence-electron chi connectivity index (χ1n) is 5.72. The quantitative estimate of drug-likeness (QED) is 0.829. The van der Waals surface area contributed by atoms with E-state index in [-0.39, 0.29) is 19.1 Å². The molecule has 0 spiro atoms. The van der Waals surface area contributed by atoms with Gasteiger partial charge in [0.2, 0.25) is 0 Å². The highest BCUT2D eigenvalue weighted by Crippen LogP contribution is 2.33. The summed E-state index contributed by atoms with van der Waals surface area (Å²) in [5.74, 6) is -0.0532. The van der Waals surface area contributed by atoms with Crippen molar-refractivity contribution in [3.05, 3.63) is 29.1 Å². The molecule has 3 nitrogen and oxygen atoms in total. The molecular weight excluding hydrogens is 219 g/mol. The van der Waals surface area contributed by atoms with E-state index in [9.17, 15) is 9.18 Å². The van der Waals surface area contributed by atoms with Crippen LogP contribution in [0.2, 0.25) is 0 Å². The zero-order valence-corrected chi connectivity index (χ0v) is 10.7. The van der Waals surface area contributed by atoms with Crippen LogP contribution in [0.1, 0.15) is 52.1 Å². The normalized spacial score (nSPS) is 11.0. The Bertz CT molecular complexity index is 404. The molecule has 0 aromatic heterocycles. The van der Waals surface area contributed by atoms with Gasteiger partial charge in [-0.1, -0.05) is 27.7 Å². The van der Waals surface area contributed by atoms with Gasteiger partial charge < -0.3 is 11.1 Å². The minimum absolute atomic E-state index is 0. The van der Waals surface area contributed by atoms with Gasteiger partial charge in [0.15, 0.2) is 0 Å². The molecule has 0 aliphatic heterocycles. The van der Waals surface area contributed by atoms with Crippen molar-refractivity contribution in [2.45, 2.75) is 39.5 Å². The fourth-order valence-electron chi connectivity index (χ4n) is 1.83. The molecule has 0 atom stereocenters. The number of nitrogens with two attached hydrogens (primary N) is 1. The highest BCUT2D eigenvalue weighted by molar-refractivity contribution is 5.90. The van der Waals surface area contributed by atoms with E-state index in [4.69, 9.17) is 5.73 Å². The van der Waals surface area contributed by atoms with E-state index >= 15 is 0 Å². The van der Waals surface area contributed by atoms with E-state index in [1.165, 1.54) is 12.1 Å². The Morgan fingerprint density at radius 3 is 1.94 bits per heavy atom. The highest BCUT2D eigenvalue weighted by atomic mass is 19.1. The average Bonchev–Trinajstić information content (AvgIpc) is 2.18. The third-order valence-electron chi connectivity index (χ3n) is 2.66. The van der Waals surface area contributed by atoms with Crippen molar-refractivity contribution < 1.29 is 10.6 Å². The molecule has 0 fully saturated rings. The number of anilines is 1. The van der Waals surface area contributed by atoms with Crippen molar-refractivity contribution in [1.29, 1.82) is 0 Å². The molecule has 0 saturated carbocycles. The fraction of sp³-hybridized carbons (Fsp3) is 0.462. The van der Waals surface area contributed by atoms with Crippen LogP contribution in [0.25, 0.3) is 0 Å². The first-order valence-corrected chi connectivity index (χ1v) is 5.72. The minimum atomic E-state index is -0.625. The average molecular weight is 240 g/mol. The van der Waals surface area contributed by atoms with Gasteiger partial charge in [-0.3, -0.25) is 0 Å². The standard InChI is InChI=1S/C13H19FN2O.H2/c1-7(2)10-5-9(14)6-11(8(3)4)12(10)16-13(15)17;/h5-8H,1-4H3,(H3,15,16,17);1H. The molecule has 17 heavy (non-hydrogen) atoms. The Morgan fingerprint density at radius 2 is 1.65 bits per heavy atom. The lowest BCUT2D eigenvalue weighted by Crippen LogP contribution is -2.22. The van der Waals surface area contributed by atoms with Crippen LogP contribution >= 0.6 is 0 Å². The number of rotatable bonds is 3. The maximum atomic E-state index is 13.5. The number of carbonyl (C=O) groups excluding carboxylic acids is 1. The topological polar surface area (TPSA) is 55.1 Å². The molecular formula is C13H21FN2O. The van der Waals surface area contributed by atoms with Gasteiger partial charge in [0, 0.05) is 7.11 Å². The van der Waals surface area contributed by atoms with E-state index in [0.717, 1.165) is 11.1 Å². The van der Waals surface area contributed by atoms with Crippen LogP contribution < -0.4 is 11.1 Å². The molecule has 1 aromatic carbocycles. The molecule has 0 aliphatic rings. The minimum Gasteiger partial charge on any atom is -0.351 e. The summed E-state index contributed by atoms with van der Waals surface area (Å²) in [5.41, 5.74) is 7.34. The Hall–Kier alpha value is -1.58. The van der Waals surface area contributed by atoms with Crippen molar-refractivity contribution >= 4 is 11.7 Å². The van der Waals surface area contributed by atoms with Crippen molar-refractivity contribution in [3.8, 4) is 0 Å². The van der Waals surface area contributed by atoms with Crippen LogP contribution in [0, 0.1) is 5.82 Å². The van der Waals surface area contributed by atoms with E-state index in [1.54, 1.807) is 0 Å². The van der Waals surface area contributed by atoms with Gasteiger partial charge in [-0.25, -0.2) is 9.18 Å². The first kappa shape index (κ1) is 13.5. The summed E-state index contributed by atoms with van der Waals surface area (Å²) in [7, 11) is 0. The van der Waals surface area contributed by atoms with Gasteiger partial charge >= 0.3 is 6.03 Å². The van der Waals surface area contributed by atoms with Crippen LogP contribution in [0.5, 0.6) is 0 Å². The summed E-state index contributed by atoms with van der Waals surface area (Å²) < 4.78 is 13.5. The molecule has 96 valence electrons. The Balaban J connectivity index is 0.00000289. The van der Waals surface area contributed by atoms with Gasteiger partial charge in [-0.05, 0) is 35.1 Å². The number of amides is 2. The Kier molecular flexibility index (Phi) is 4.10. The van der Waals surface area contributed by atoms with Crippen molar-refractivity contribution in [3.63, 3.8) is 0 Å². The summed E-state index contributed by atoms with van der Waals surface area (Å²) in [6.07, 6.45) is 0.